The van der Waals surface area contributed by atoms with E-state index in [2.05, 4.69) is 49.3 Å². The second-order valence-electron chi connectivity index (χ2n) is 7.96. The molecular formula is C22H25Cl2N3O2. The van der Waals surface area contributed by atoms with E-state index < -0.39 is 0 Å². The number of benzene rings is 2. The van der Waals surface area contributed by atoms with Gasteiger partial charge in [0.15, 0.2) is 0 Å². The van der Waals surface area contributed by atoms with Crippen molar-refractivity contribution in [2.45, 2.75) is 38.6 Å². The number of nitrogens with one attached hydrogen (secondary N) is 1. The molecule has 29 heavy (non-hydrogen) atoms. The Balaban J connectivity index is 1.84. The van der Waals surface area contributed by atoms with Gasteiger partial charge in [0.05, 0.1) is 23.4 Å². The number of anilines is 1. The van der Waals surface area contributed by atoms with Gasteiger partial charge in [-0.3, -0.25) is 4.79 Å². The minimum atomic E-state index is -0.369. The number of hydrazone groups is 1. The maximum Gasteiger partial charge on any atom is 0.271 e. The maximum absolute atomic E-state index is 12.3. The first-order valence-corrected chi connectivity index (χ1v) is 10.1. The lowest BCUT2D eigenvalue weighted by Crippen LogP contribution is -2.45. The average molecular weight is 434 g/mol. The molecule has 0 radical (unpaired) electrons. The summed E-state index contributed by atoms with van der Waals surface area (Å²) in [5.41, 5.74) is 6.17. The van der Waals surface area contributed by atoms with E-state index in [1.807, 2.05) is 6.07 Å². The Labute approximate surface area is 181 Å². The van der Waals surface area contributed by atoms with Crippen molar-refractivity contribution < 1.29 is 9.53 Å². The molecule has 1 unspecified atom stereocenters. The minimum absolute atomic E-state index is 0.0703. The first kappa shape index (κ1) is 21.5. The van der Waals surface area contributed by atoms with Gasteiger partial charge < -0.3 is 9.64 Å². The van der Waals surface area contributed by atoms with Gasteiger partial charge >= 0.3 is 0 Å². The molecule has 1 aliphatic rings. The summed E-state index contributed by atoms with van der Waals surface area (Å²) in [6.07, 6.45) is 2.65. The molecule has 2 aromatic carbocycles. The van der Waals surface area contributed by atoms with Crippen LogP contribution in [0.15, 0.2) is 35.4 Å². The normalized spacial score (nSPS) is 17.9. The van der Waals surface area contributed by atoms with Gasteiger partial charge in [0.1, 0.15) is 5.75 Å². The molecule has 1 atom stereocenters. The van der Waals surface area contributed by atoms with Gasteiger partial charge in [-0.2, -0.15) is 5.10 Å². The van der Waals surface area contributed by atoms with Crippen molar-refractivity contribution in [3.63, 3.8) is 0 Å². The van der Waals surface area contributed by atoms with Crippen LogP contribution in [0.25, 0.3) is 0 Å². The molecule has 0 saturated heterocycles. The number of rotatable bonds is 4. The van der Waals surface area contributed by atoms with Gasteiger partial charge in [0.25, 0.3) is 5.91 Å². The van der Waals surface area contributed by atoms with Crippen LogP contribution in [0.3, 0.4) is 0 Å². The predicted octanol–water partition coefficient (Wildman–Crippen LogP) is 5.49. The summed E-state index contributed by atoms with van der Waals surface area (Å²) >= 11 is 11.9. The third-order valence-corrected chi connectivity index (χ3v) is 6.28. The summed E-state index contributed by atoms with van der Waals surface area (Å²) in [6.45, 7) is 6.71. The van der Waals surface area contributed by atoms with Gasteiger partial charge in [-0.1, -0.05) is 30.1 Å². The molecule has 2 aromatic rings. The zero-order valence-corrected chi connectivity index (χ0v) is 18.7. The molecule has 5 nitrogen and oxygen atoms in total. The molecule has 0 aliphatic carbocycles. The third kappa shape index (κ3) is 4.36. The SMILES string of the molecule is COc1cc2c(cc1/C=N\NC(=O)c1ccc(Cl)c(Cl)c1)C(C)CC(C)(C)N2C. The van der Waals surface area contributed by atoms with Gasteiger partial charge in [-0.15, -0.1) is 0 Å². The van der Waals surface area contributed by atoms with E-state index in [1.165, 1.54) is 11.6 Å². The number of hydrogen-bond acceptors (Lipinski definition) is 4. The second kappa shape index (κ2) is 8.25. The fourth-order valence-corrected chi connectivity index (χ4v) is 4.05. The molecule has 1 N–H and O–H groups in total. The van der Waals surface area contributed by atoms with Crippen LogP contribution in [-0.2, 0) is 0 Å². The quantitative estimate of drug-likeness (QED) is 0.512. The molecule has 0 saturated carbocycles. The van der Waals surface area contributed by atoms with Crippen LogP contribution in [-0.4, -0.2) is 31.8 Å². The molecular weight excluding hydrogens is 409 g/mol. The molecule has 1 aliphatic heterocycles. The molecule has 0 aromatic heterocycles. The highest BCUT2D eigenvalue weighted by atomic mass is 35.5. The van der Waals surface area contributed by atoms with E-state index >= 15 is 0 Å². The number of nitrogens with zero attached hydrogens (tertiary/aromatic N) is 2. The number of carbonyl (C=O) groups excluding carboxylic acids is 1. The summed E-state index contributed by atoms with van der Waals surface area (Å²) in [5, 5.41) is 4.82. The number of methoxy groups -OCH3 is 1. The Morgan fingerprint density at radius 2 is 2.00 bits per heavy atom. The third-order valence-electron chi connectivity index (χ3n) is 5.54. The molecule has 3 rings (SSSR count). The Morgan fingerprint density at radius 3 is 2.66 bits per heavy atom. The Bertz CT molecular complexity index is 973. The Morgan fingerprint density at radius 1 is 1.28 bits per heavy atom. The monoisotopic (exact) mass is 433 g/mol. The van der Waals surface area contributed by atoms with Crippen molar-refractivity contribution in [1.29, 1.82) is 0 Å². The minimum Gasteiger partial charge on any atom is -0.496 e. The van der Waals surface area contributed by atoms with Gasteiger partial charge in [-0.05, 0) is 56.0 Å². The molecule has 0 bridgehead atoms. The largest absolute Gasteiger partial charge is 0.496 e. The zero-order valence-electron chi connectivity index (χ0n) is 17.2. The fourth-order valence-electron chi connectivity index (χ4n) is 3.75. The van der Waals surface area contributed by atoms with Gasteiger partial charge in [0.2, 0.25) is 0 Å². The highest BCUT2D eigenvalue weighted by Crippen LogP contribution is 2.44. The van der Waals surface area contributed by atoms with Gasteiger partial charge in [0, 0.05) is 35.5 Å². The van der Waals surface area contributed by atoms with Crippen LogP contribution in [0.4, 0.5) is 5.69 Å². The molecule has 0 spiro atoms. The first-order chi connectivity index (χ1) is 13.6. The Hall–Kier alpha value is -2.24. The number of ether oxygens (including phenoxy) is 1. The predicted molar refractivity (Wildman–Crippen MR) is 120 cm³/mol. The van der Waals surface area contributed by atoms with Crippen molar-refractivity contribution in [3.8, 4) is 5.75 Å². The van der Waals surface area contributed by atoms with E-state index in [0.29, 0.717) is 27.3 Å². The lowest BCUT2D eigenvalue weighted by molar-refractivity contribution is 0.0955. The number of carbonyl (C=O) groups is 1. The summed E-state index contributed by atoms with van der Waals surface area (Å²) in [5.74, 6) is 0.736. The number of amides is 1. The van der Waals surface area contributed by atoms with Crippen LogP contribution in [0, 0.1) is 0 Å². The lowest BCUT2D eigenvalue weighted by atomic mass is 9.80. The zero-order chi connectivity index (χ0) is 21.3. The van der Waals surface area contributed by atoms with E-state index in [0.717, 1.165) is 17.7 Å². The molecule has 1 amide bonds. The van der Waals surface area contributed by atoms with Crippen molar-refractivity contribution in [3.05, 3.63) is 57.1 Å². The highest BCUT2D eigenvalue weighted by Gasteiger charge is 2.34. The summed E-state index contributed by atoms with van der Waals surface area (Å²) in [7, 11) is 3.74. The van der Waals surface area contributed by atoms with E-state index in [-0.39, 0.29) is 11.4 Å². The molecule has 0 fully saturated rings. The number of halogens is 2. The molecule has 1 heterocycles. The number of hydrogen-bond donors (Lipinski definition) is 1. The standard InChI is InChI=1S/C22H25Cl2N3O2/c1-13-11-22(2,3)27(4)19-10-20(29-5)15(8-16(13)19)12-25-26-21(28)14-6-7-17(23)18(24)9-14/h6-10,12-13H,11H2,1-5H3,(H,26,28)/b25-12-. The highest BCUT2D eigenvalue weighted by molar-refractivity contribution is 6.42. The molecule has 154 valence electrons. The van der Waals surface area contributed by atoms with E-state index in [9.17, 15) is 4.79 Å². The second-order valence-corrected chi connectivity index (χ2v) is 8.77. The van der Waals surface area contributed by atoms with Crippen molar-refractivity contribution in [2.24, 2.45) is 5.10 Å². The maximum atomic E-state index is 12.3. The van der Waals surface area contributed by atoms with Crippen LogP contribution in [0.2, 0.25) is 10.0 Å². The smallest absolute Gasteiger partial charge is 0.271 e. The summed E-state index contributed by atoms with van der Waals surface area (Å²) in [6, 6.07) is 8.80. The van der Waals surface area contributed by atoms with Crippen LogP contribution < -0.4 is 15.1 Å². The lowest BCUT2D eigenvalue weighted by Gasteiger charge is -2.45. The summed E-state index contributed by atoms with van der Waals surface area (Å²) < 4.78 is 5.57. The van der Waals surface area contributed by atoms with Gasteiger partial charge in [-0.25, -0.2) is 5.43 Å². The van der Waals surface area contributed by atoms with Crippen LogP contribution in [0.1, 0.15) is 54.6 Å². The van der Waals surface area contributed by atoms with Crippen LogP contribution in [0.5, 0.6) is 5.75 Å². The first-order valence-electron chi connectivity index (χ1n) is 9.38. The summed E-state index contributed by atoms with van der Waals surface area (Å²) in [4.78, 5) is 14.6. The Kier molecular flexibility index (Phi) is 6.11. The van der Waals surface area contributed by atoms with E-state index in [1.54, 1.807) is 25.5 Å². The van der Waals surface area contributed by atoms with Crippen molar-refractivity contribution >= 4 is 41.0 Å². The van der Waals surface area contributed by atoms with Crippen molar-refractivity contribution in [2.75, 3.05) is 19.1 Å². The van der Waals surface area contributed by atoms with Crippen molar-refractivity contribution in [1.82, 2.24) is 5.43 Å². The molecule has 7 heteroatoms. The average Bonchev–Trinajstić information content (AvgIpc) is 2.67. The topological polar surface area (TPSA) is 53.9 Å². The fraction of sp³-hybridized carbons (Fsp3) is 0.364. The van der Waals surface area contributed by atoms with E-state index in [4.69, 9.17) is 27.9 Å². The van der Waals surface area contributed by atoms with Crippen LogP contribution >= 0.6 is 23.2 Å². The number of fused-ring (bicyclic) bond motifs is 1.